The van der Waals surface area contributed by atoms with Crippen LogP contribution in [0.15, 0.2) is 30.3 Å². The van der Waals surface area contributed by atoms with E-state index in [-0.39, 0.29) is 30.3 Å². The van der Waals surface area contributed by atoms with Gasteiger partial charge in [-0.1, -0.05) is 44.2 Å². The summed E-state index contributed by atoms with van der Waals surface area (Å²) in [5.74, 6) is -0.391. The van der Waals surface area contributed by atoms with E-state index in [1.165, 1.54) is 0 Å². The number of nitrogens with one attached hydrogen (secondary N) is 2. The van der Waals surface area contributed by atoms with Crippen LogP contribution in [0.2, 0.25) is 0 Å². The van der Waals surface area contributed by atoms with E-state index in [1.807, 2.05) is 51.1 Å². The van der Waals surface area contributed by atoms with Crippen LogP contribution in [-0.4, -0.2) is 35.3 Å². The zero-order valence-electron chi connectivity index (χ0n) is 13.7. The molecular formula is C17H23N3O3. The minimum atomic E-state index is -0.526. The van der Waals surface area contributed by atoms with Crippen LogP contribution in [0.3, 0.4) is 0 Å². The lowest BCUT2D eigenvalue weighted by Gasteiger charge is -2.17. The van der Waals surface area contributed by atoms with Gasteiger partial charge in [0.1, 0.15) is 12.6 Å². The van der Waals surface area contributed by atoms with Crippen molar-refractivity contribution in [3.63, 3.8) is 0 Å². The molecule has 0 spiro atoms. The molecule has 0 aliphatic carbocycles. The van der Waals surface area contributed by atoms with Crippen LogP contribution in [0.5, 0.6) is 0 Å². The van der Waals surface area contributed by atoms with Gasteiger partial charge < -0.3 is 10.6 Å². The smallest absolute Gasteiger partial charge is 0.325 e. The Bertz CT molecular complexity index is 586. The molecule has 0 radical (unpaired) electrons. The molecule has 0 saturated carbocycles. The largest absolute Gasteiger partial charge is 0.348 e. The van der Waals surface area contributed by atoms with Crippen molar-refractivity contribution in [2.45, 2.75) is 39.3 Å². The highest BCUT2D eigenvalue weighted by Crippen LogP contribution is 2.15. The normalized spacial score (nSPS) is 19.0. The maximum atomic E-state index is 12.2. The summed E-state index contributed by atoms with van der Waals surface area (Å²) in [6, 6.07) is 8.31. The molecule has 4 amide bonds. The van der Waals surface area contributed by atoms with Crippen LogP contribution in [0, 0.1) is 5.92 Å². The third kappa shape index (κ3) is 4.31. The van der Waals surface area contributed by atoms with Crippen molar-refractivity contribution in [3.05, 3.63) is 35.9 Å². The minimum absolute atomic E-state index is 0.184. The number of hydrogen-bond donors (Lipinski definition) is 2. The number of urea groups is 1. The second-order valence-electron chi connectivity index (χ2n) is 6.26. The molecule has 1 aromatic rings. The van der Waals surface area contributed by atoms with Gasteiger partial charge in [0.05, 0.1) is 6.04 Å². The van der Waals surface area contributed by atoms with Gasteiger partial charge in [-0.3, -0.25) is 14.5 Å². The Labute approximate surface area is 136 Å². The Morgan fingerprint density at radius 3 is 2.48 bits per heavy atom. The molecule has 0 bridgehead atoms. The molecule has 2 rings (SSSR count). The fraction of sp³-hybridized carbons (Fsp3) is 0.471. The highest BCUT2D eigenvalue weighted by Gasteiger charge is 2.39. The summed E-state index contributed by atoms with van der Waals surface area (Å²) in [5, 5.41) is 5.44. The Morgan fingerprint density at radius 1 is 1.22 bits per heavy atom. The van der Waals surface area contributed by atoms with Crippen molar-refractivity contribution in [2.24, 2.45) is 5.92 Å². The van der Waals surface area contributed by atoms with Crippen LogP contribution < -0.4 is 10.6 Å². The van der Waals surface area contributed by atoms with Gasteiger partial charge in [-0.25, -0.2) is 4.79 Å². The van der Waals surface area contributed by atoms with Gasteiger partial charge in [0.15, 0.2) is 0 Å². The lowest BCUT2D eigenvalue weighted by Crippen LogP contribution is -2.41. The van der Waals surface area contributed by atoms with Crippen molar-refractivity contribution < 1.29 is 14.4 Å². The van der Waals surface area contributed by atoms with Crippen molar-refractivity contribution in [1.82, 2.24) is 15.5 Å². The topological polar surface area (TPSA) is 78.5 Å². The first-order chi connectivity index (χ1) is 10.9. The number of rotatable bonds is 6. The fourth-order valence-corrected chi connectivity index (χ4v) is 2.61. The molecular weight excluding hydrogens is 294 g/mol. The molecule has 1 aliphatic heterocycles. The molecule has 1 aromatic carbocycles. The molecule has 2 N–H and O–H groups in total. The molecule has 6 nitrogen and oxygen atoms in total. The van der Waals surface area contributed by atoms with Crippen molar-refractivity contribution in [3.8, 4) is 0 Å². The number of hydrogen-bond acceptors (Lipinski definition) is 3. The Kier molecular flexibility index (Phi) is 5.36. The quantitative estimate of drug-likeness (QED) is 0.786. The summed E-state index contributed by atoms with van der Waals surface area (Å²) < 4.78 is 0. The fourth-order valence-electron chi connectivity index (χ4n) is 2.61. The zero-order chi connectivity index (χ0) is 17.0. The highest BCUT2D eigenvalue weighted by atomic mass is 16.2. The first-order valence-corrected chi connectivity index (χ1v) is 7.84. The average molecular weight is 317 g/mol. The zero-order valence-corrected chi connectivity index (χ0v) is 13.7. The standard InChI is InChI=1S/C17H23N3O3/c1-11(2)9-14-16(22)20(17(23)19-14)10-15(21)18-12(3)13-7-5-4-6-8-13/h4-8,11-12,14H,9-10H2,1-3H3,(H,18,21)(H,19,23)/t12-,14+/m1/s1. The molecule has 124 valence electrons. The second kappa shape index (κ2) is 7.26. The summed E-state index contributed by atoms with van der Waals surface area (Å²) in [5.41, 5.74) is 0.968. The highest BCUT2D eigenvalue weighted by molar-refractivity contribution is 6.06. The van der Waals surface area contributed by atoms with Gasteiger partial charge in [-0.15, -0.1) is 0 Å². The van der Waals surface area contributed by atoms with Crippen LogP contribution in [0.4, 0.5) is 4.79 Å². The third-order valence-electron chi connectivity index (χ3n) is 3.79. The Balaban J connectivity index is 1.92. The summed E-state index contributed by atoms with van der Waals surface area (Å²) in [7, 11) is 0. The number of amides is 4. The molecule has 1 heterocycles. The second-order valence-corrected chi connectivity index (χ2v) is 6.26. The summed E-state index contributed by atoms with van der Waals surface area (Å²) in [4.78, 5) is 37.2. The van der Waals surface area contributed by atoms with Crippen molar-refractivity contribution in [2.75, 3.05) is 6.54 Å². The maximum absolute atomic E-state index is 12.2. The van der Waals surface area contributed by atoms with E-state index < -0.39 is 12.1 Å². The number of carbonyl (C=O) groups excluding carboxylic acids is 3. The van der Waals surface area contributed by atoms with Gasteiger partial charge in [0.2, 0.25) is 5.91 Å². The Morgan fingerprint density at radius 2 is 1.87 bits per heavy atom. The van der Waals surface area contributed by atoms with E-state index >= 15 is 0 Å². The van der Waals surface area contributed by atoms with Crippen LogP contribution in [0.1, 0.15) is 38.8 Å². The molecule has 1 aliphatic rings. The third-order valence-corrected chi connectivity index (χ3v) is 3.79. The average Bonchev–Trinajstić information content (AvgIpc) is 2.75. The molecule has 6 heteroatoms. The van der Waals surface area contributed by atoms with Crippen LogP contribution >= 0.6 is 0 Å². The van der Waals surface area contributed by atoms with Crippen molar-refractivity contribution in [1.29, 1.82) is 0 Å². The number of carbonyl (C=O) groups is 3. The molecule has 23 heavy (non-hydrogen) atoms. The van der Waals surface area contributed by atoms with E-state index in [0.717, 1.165) is 10.5 Å². The van der Waals surface area contributed by atoms with Crippen molar-refractivity contribution >= 4 is 17.8 Å². The predicted molar refractivity (Wildman–Crippen MR) is 86.5 cm³/mol. The van der Waals surface area contributed by atoms with Crippen LogP contribution in [0.25, 0.3) is 0 Å². The predicted octanol–water partition coefficient (Wildman–Crippen LogP) is 1.83. The minimum Gasteiger partial charge on any atom is -0.348 e. The van der Waals surface area contributed by atoms with Gasteiger partial charge in [0, 0.05) is 0 Å². The molecule has 0 unspecified atom stereocenters. The van der Waals surface area contributed by atoms with Gasteiger partial charge in [-0.05, 0) is 24.8 Å². The molecule has 2 atom stereocenters. The summed E-state index contributed by atoms with van der Waals surface area (Å²) >= 11 is 0. The summed E-state index contributed by atoms with van der Waals surface area (Å²) in [6.07, 6.45) is 0.573. The van der Waals surface area contributed by atoms with Gasteiger partial charge in [0.25, 0.3) is 5.91 Å². The van der Waals surface area contributed by atoms with E-state index in [4.69, 9.17) is 0 Å². The lowest BCUT2D eigenvalue weighted by atomic mass is 10.0. The SMILES string of the molecule is CC(C)C[C@@H]1NC(=O)N(CC(=O)N[C@H](C)c2ccccc2)C1=O. The monoisotopic (exact) mass is 317 g/mol. The molecule has 0 aromatic heterocycles. The maximum Gasteiger partial charge on any atom is 0.325 e. The number of imide groups is 1. The lowest BCUT2D eigenvalue weighted by molar-refractivity contribution is -0.132. The van der Waals surface area contributed by atoms with E-state index in [9.17, 15) is 14.4 Å². The van der Waals surface area contributed by atoms with E-state index in [1.54, 1.807) is 0 Å². The summed E-state index contributed by atoms with van der Waals surface area (Å²) in [6.45, 7) is 5.57. The molecule has 1 saturated heterocycles. The first kappa shape index (κ1) is 17.0. The van der Waals surface area contributed by atoms with Crippen LogP contribution in [-0.2, 0) is 9.59 Å². The number of nitrogens with zero attached hydrogens (tertiary/aromatic N) is 1. The number of benzene rings is 1. The Hall–Kier alpha value is -2.37. The first-order valence-electron chi connectivity index (χ1n) is 7.84. The van der Waals surface area contributed by atoms with Gasteiger partial charge >= 0.3 is 6.03 Å². The molecule has 1 fully saturated rings. The van der Waals surface area contributed by atoms with E-state index in [2.05, 4.69) is 10.6 Å². The van der Waals surface area contributed by atoms with E-state index in [0.29, 0.717) is 6.42 Å². The van der Waals surface area contributed by atoms with Gasteiger partial charge in [-0.2, -0.15) is 0 Å².